The highest BCUT2D eigenvalue weighted by Gasteiger charge is 2.31. The summed E-state index contributed by atoms with van der Waals surface area (Å²) in [5.74, 6) is 2.35. The van der Waals surface area contributed by atoms with Gasteiger partial charge in [-0.3, -0.25) is 4.79 Å². The maximum absolute atomic E-state index is 12.9. The maximum atomic E-state index is 12.9. The van der Waals surface area contributed by atoms with E-state index in [4.69, 9.17) is 9.72 Å². The number of aromatic nitrogens is 2. The predicted molar refractivity (Wildman–Crippen MR) is 119 cm³/mol. The summed E-state index contributed by atoms with van der Waals surface area (Å²) in [6, 6.07) is 8.55. The second kappa shape index (κ2) is 8.96. The second-order valence-electron chi connectivity index (χ2n) is 9.21. The summed E-state index contributed by atoms with van der Waals surface area (Å²) in [7, 11) is 0. The topological polar surface area (TPSA) is 50.6 Å². The lowest BCUT2D eigenvalue weighted by molar-refractivity contribution is -0.140. The van der Waals surface area contributed by atoms with Crippen LogP contribution < -0.4 is 4.90 Å². The number of hydrogen-bond donors (Lipinski definition) is 0. The summed E-state index contributed by atoms with van der Waals surface area (Å²) in [6.45, 7) is 5.74. The molecule has 6 nitrogen and oxygen atoms in total. The van der Waals surface area contributed by atoms with Crippen LogP contribution in [0.2, 0.25) is 0 Å². The minimum Gasteiger partial charge on any atom is -0.378 e. The number of para-hydroxylation sites is 2. The molecule has 1 amide bonds. The third kappa shape index (κ3) is 4.07. The van der Waals surface area contributed by atoms with Gasteiger partial charge in [0.2, 0.25) is 11.9 Å². The Morgan fingerprint density at radius 3 is 2.47 bits per heavy atom. The van der Waals surface area contributed by atoms with E-state index in [0.717, 1.165) is 62.9 Å². The van der Waals surface area contributed by atoms with E-state index < -0.39 is 0 Å². The number of nitrogens with zero attached hydrogens (tertiary/aromatic N) is 4. The standard InChI is InChI=1S/C24H34N4O2/c29-23(26-14-16-30-17-15-26)20-10-12-27(13-11-20)24-25-21-8-4-5-9-22(21)28(24)18-19-6-2-1-3-7-19/h4-5,8-9,19-20H,1-3,6-7,10-18H2. The number of amides is 1. The highest BCUT2D eigenvalue weighted by atomic mass is 16.5. The first-order chi connectivity index (χ1) is 14.8. The fourth-order valence-electron chi connectivity index (χ4n) is 5.48. The molecule has 0 N–H and O–H groups in total. The van der Waals surface area contributed by atoms with E-state index in [9.17, 15) is 4.79 Å². The molecule has 3 fully saturated rings. The van der Waals surface area contributed by atoms with Crippen molar-refractivity contribution in [2.45, 2.75) is 51.5 Å². The van der Waals surface area contributed by atoms with Crippen molar-refractivity contribution in [2.24, 2.45) is 11.8 Å². The van der Waals surface area contributed by atoms with E-state index in [0.29, 0.717) is 19.1 Å². The molecule has 0 bridgehead atoms. The normalized spacial score (nSPS) is 22.0. The summed E-state index contributed by atoms with van der Waals surface area (Å²) >= 11 is 0. The number of rotatable bonds is 4. The minimum absolute atomic E-state index is 0.149. The van der Waals surface area contributed by atoms with Gasteiger partial charge >= 0.3 is 0 Å². The Morgan fingerprint density at radius 2 is 1.70 bits per heavy atom. The average molecular weight is 411 g/mol. The number of fused-ring (bicyclic) bond motifs is 1. The smallest absolute Gasteiger partial charge is 0.225 e. The van der Waals surface area contributed by atoms with Crippen molar-refractivity contribution in [3.8, 4) is 0 Å². The van der Waals surface area contributed by atoms with Crippen molar-refractivity contribution >= 4 is 22.9 Å². The number of anilines is 1. The number of ether oxygens (including phenoxy) is 1. The molecule has 162 valence electrons. The molecule has 1 aliphatic carbocycles. The highest BCUT2D eigenvalue weighted by Crippen LogP contribution is 2.32. The summed E-state index contributed by atoms with van der Waals surface area (Å²) in [6.07, 6.45) is 8.62. The minimum atomic E-state index is 0.149. The third-order valence-corrected chi connectivity index (χ3v) is 7.25. The van der Waals surface area contributed by atoms with Crippen molar-refractivity contribution < 1.29 is 9.53 Å². The molecule has 0 spiro atoms. The Hall–Kier alpha value is -2.08. The molecule has 2 aliphatic heterocycles. The molecule has 1 aromatic carbocycles. The first-order valence-corrected chi connectivity index (χ1v) is 11.9. The Balaban J connectivity index is 1.31. The van der Waals surface area contributed by atoms with E-state index in [1.165, 1.54) is 37.6 Å². The molecule has 2 saturated heterocycles. The maximum Gasteiger partial charge on any atom is 0.225 e. The molecule has 0 atom stereocenters. The lowest BCUT2D eigenvalue weighted by atomic mass is 9.89. The van der Waals surface area contributed by atoms with Crippen LogP contribution >= 0.6 is 0 Å². The van der Waals surface area contributed by atoms with E-state index in [1.54, 1.807) is 0 Å². The van der Waals surface area contributed by atoms with Crippen LogP contribution in [0.15, 0.2) is 24.3 Å². The molecule has 5 rings (SSSR count). The first kappa shape index (κ1) is 19.9. The Morgan fingerprint density at radius 1 is 0.967 bits per heavy atom. The zero-order valence-corrected chi connectivity index (χ0v) is 18.0. The summed E-state index contributed by atoms with van der Waals surface area (Å²) in [5.41, 5.74) is 2.35. The van der Waals surface area contributed by atoms with Crippen molar-refractivity contribution in [3.05, 3.63) is 24.3 Å². The summed E-state index contributed by atoms with van der Waals surface area (Å²) in [4.78, 5) is 22.4. The molecular formula is C24H34N4O2. The summed E-state index contributed by atoms with van der Waals surface area (Å²) < 4.78 is 7.87. The lowest BCUT2D eigenvalue weighted by Gasteiger charge is -2.36. The molecule has 0 unspecified atom stereocenters. The first-order valence-electron chi connectivity index (χ1n) is 11.9. The molecule has 1 saturated carbocycles. The van der Waals surface area contributed by atoms with Crippen LogP contribution in [0.3, 0.4) is 0 Å². The number of piperidine rings is 1. The van der Waals surface area contributed by atoms with Crippen LogP contribution in [-0.4, -0.2) is 59.8 Å². The zero-order chi connectivity index (χ0) is 20.3. The molecular weight excluding hydrogens is 376 g/mol. The van der Waals surface area contributed by atoms with Crippen LogP contribution in [0.25, 0.3) is 11.0 Å². The van der Waals surface area contributed by atoms with Crippen molar-refractivity contribution in [1.29, 1.82) is 0 Å². The molecule has 30 heavy (non-hydrogen) atoms. The molecule has 2 aromatic rings. The highest BCUT2D eigenvalue weighted by molar-refractivity contribution is 5.80. The van der Waals surface area contributed by atoms with Gasteiger partial charge in [0.05, 0.1) is 24.2 Å². The lowest BCUT2D eigenvalue weighted by Crippen LogP contribution is -2.47. The molecule has 3 heterocycles. The molecule has 1 aromatic heterocycles. The number of hydrogen-bond acceptors (Lipinski definition) is 4. The van der Waals surface area contributed by atoms with Crippen molar-refractivity contribution in [1.82, 2.24) is 14.5 Å². The number of benzene rings is 1. The van der Waals surface area contributed by atoms with Crippen molar-refractivity contribution in [3.63, 3.8) is 0 Å². The van der Waals surface area contributed by atoms with E-state index in [-0.39, 0.29) is 5.92 Å². The largest absolute Gasteiger partial charge is 0.378 e. The Bertz CT molecular complexity index is 859. The van der Waals surface area contributed by atoms with Crippen LogP contribution in [-0.2, 0) is 16.1 Å². The van der Waals surface area contributed by atoms with Gasteiger partial charge in [-0.25, -0.2) is 4.98 Å². The SMILES string of the molecule is O=C(C1CCN(c2nc3ccccc3n2CC2CCCCC2)CC1)N1CCOCC1. The van der Waals surface area contributed by atoms with Gasteiger partial charge in [0.1, 0.15) is 0 Å². The van der Waals surface area contributed by atoms with Gasteiger partial charge in [0.15, 0.2) is 0 Å². The quantitative estimate of drug-likeness (QED) is 0.771. The van der Waals surface area contributed by atoms with Gasteiger partial charge in [-0.2, -0.15) is 0 Å². The molecule has 3 aliphatic rings. The average Bonchev–Trinajstić information content (AvgIpc) is 3.18. The molecule has 0 radical (unpaired) electrons. The number of imidazole rings is 1. The molecule has 6 heteroatoms. The Kier molecular flexibility index (Phi) is 5.93. The van der Waals surface area contributed by atoms with Crippen LogP contribution in [0.4, 0.5) is 5.95 Å². The number of carbonyl (C=O) groups is 1. The van der Waals surface area contributed by atoms with Gasteiger partial charge in [-0.15, -0.1) is 0 Å². The van der Waals surface area contributed by atoms with Crippen LogP contribution in [0.1, 0.15) is 44.9 Å². The fourth-order valence-corrected chi connectivity index (χ4v) is 5.48. The van der Waals surface area contributed by atoms with Crippen molar-refractivity contribution in [2.75, 3.05) is 44.3 Å². The van der Waals surface area contributed by atoms with Gasteiger partial charge < -0.3 is 19.1 Å². The van der Waals surface area contributed by atoms with Gasteiger partial charge in [0, 0.05) is 38.6 Å². The van der Waals surface area contributed by atoms with Gasteiger partial charge in [0.25, 0.3) is 0 Å². The van der Waals surface area contributed by atoms with Gasteiger partial charge in [-0.1, -0.05) is 31.4 Å². The number of carbonyl (C=O) groups excluding carboxylic acids is 1. The van der Waals surface area contributed by atoms with E-state index >= 15 is 0 Å². The van der Waals surface area contributed by atoms with Gasteiger partial charge in [-0.05, 0) is 43.7 Å². The fraction of sp³-hybridized carbons (Fsp3) is 0.667. The monoisotopic (exact) mass is 410 g/mol. The Labute approximate surface area is 179 Å². The summed E-state index contributed by atoms with van der Waals surface area (Å²) in [5, 5.41) is 0. The van der Waals surface area contributed by atoms with Crippen LogP contribution in [0, 0.1) is 11.8 Å². The number of morpholine rings is 1. The van der Waals surface area contributed by atoms with E-state index in [1.807, 2.05) is 4.90 Å². The predicted octanol–water partition coefficient (Wildman–Crippen LogP) is 3.69. The van der Waals surface area contributed by atoms with Crippen LogP contribution in [0.5, 0.6) is 0 Å². The zero-order valence-electron chi connectivity index (χ0n) is 18.0. The second-order valence-corrected chi connectivity index (χ2v) is 9.21. The van der Waals surface area contributed by atoms with E-state index in [2.05, 4.69) is 33.7 Å². The third-order valence-electron chi connectivity index (χ3n) is 7.25.